The van der Waals surface area contributed by atoms with E-state index in [1.807, 2.05) is 0 Å². The van der Waals surface area contributed by atoms with Crippen molar-refractivity contribution >= 4 is 17.9 Å². The van der Waals surface area contributed by atoms with Crippen LogP contribution in [0.5, 0.6) is 0 Å². The molecule has 0 aliphatic rings. The Morgan fingerprint density at radius 3 is 0.735 bits per heavy atom. The number of hydrogen-bond acceptors (Lipinski definition) is 6. The van der Waals surface area contributed by atoms with Gasteiger partial charge in [-0.15, -0.1) is 0 Å². The lowest BCUT2D eigenvalue weighted by molar-refractivity contribution is -0.167. The Balaban J connectivity index is 4.08. The molecular weight excluding hydrogens is 1020 g/mol. The molecule has 0 N–H and O–H groups in total. The third-order valence-electron chi connectivity index (χ3n) is 16.5. The smallest absolute Gasteiger partial charge is 0.306 e. The average Bonchev–Trinajstić information content (AvgIpc) is 3.49. The Hall–Kier alpha value is -2.89. The Morgan fingerprint density at radius 2 is 0.470 bits per heavy atom. The molecule has 0 fully saturated rings. The van der Waals surface area contributed by atoms with Gasteiger partial charge in [0.1, 0.15) is 13.2 Å². The summed E-state index contributed by atoms with van der Waals surface area (Å²) in [7, 11) is 0. The first-order valence-corrected chi connectivity index (χ1v) is 36.8. The van der Waals surface area contributed by atoms with Gasteiger partial charge in [0, 0.05) is 19.3 Å². The molecule has 0 rings (SSSR count). The maximum absolute atomic E-state index is 12.9. The number of carbonyl (C=O) groups excluding carboxylic acids is 3. The highest BCUT2D eigenvalue weighted by molar-refractivity contribution is 5.71. The molecule has 0 aromatic carbocycles. The molecule has 0 radical (unpaired) electrons. The highest BCUT2D eigenvalue weighted by Gasteiger charge is 2.19. The first-order valence-electron chi connectivity index (χ1n) is 36.8. The maximum Gasteiger partial charge on any atom is 0.306 e. The molecular formula is C77H140O6. The van der Waals surface area contributed by atoms with Crippen molar-refractivity contribution in [1.29, 1.82) is 0 Å². The van der Waals surface area contributed by atoms with E-state index in [1.54, 1.807) is 0 Å². The van der Waals surface area contributed by atoms with Crippen molar-refractivity contribution in [2.45, 2.75) is 399 Å². The average molecular weight is 1160 g/mol. The van der Waals surface area contributed by atoms with Crippen LogP contribution in [0.2, 0.25) is 0 Å². The van der Waals surface area contributed by atoms with Crippen molar-refractivity contribution in [3.05, 3.63) is 60.8 Å². The van der Waals surface area contributed by atoms with Crippen LogP contribution in [0.25, 0.3) is 0 Å². The quantitative estimate of drug-likeness (QED) is 0.0261. The van der Waals surface area contributed by atoms with Crippen LogP contribution in [0, 0.1) is 0 Å². The van der Waals surface area contributed by atoms with Gasteiger partial charge in [-0.25, -0.2) is 0 Å². The molecule has 484 valence electrons. The number of rotatable bonds is 68. The fraction of sp³-hybridized carbons (Fsp3) is 0.831. The van der Waals surface area contributed by atoms with Crippen molar-refractivity contribution in [2.75, 3.05) is 13.2 Å². The van der Waals surface area contributed by atoms with Gasteiger partial charge in [0.25, 0.3) is 0 Å². The van der Waals surface area contributed by atoms with E-state index in [9.17, 15) is 14.4 Å². The maximum atomic E-state index is 12.9. The summed E-state index contributed by atoms with van der Waals surface area (Å²) in [5.41, 5.74) is 0. The van der Waals surface area contributed by atoms with Gasteiger partial charge in [-0.05, 0) is 64.2 Å². The van der Waals surface area contributed by atoms with Gasteiger partial charge < -0.3 is 14.2 Å². The van der Waals surface area contributed by atoms with Crippen LogP contribution in [0.1, 0.15) is 393 Å². The number of esters is 3. The Morgan fingerprint density at radius 1 is 0.253 bits per heavy atom. The summed E-state index contributed by atoms with van der Waals surface area (Å²) < 4.78 is 17.0. The number of carbonyl (C=O) groups is 3. The van der Waals surface area contributed by atoms with Crippen LogP contribution in [-0.4, -0.2) is 37.2 Å². The van der Waals surface area contributed by atoms with Crippen LogP contribution >= 0.6 is 0 Å². The summed E-state index contributed by atoms with van der Waals surface area (Å²) in [5, 5.41) is 0. The van der Waals surface area contributed by atoms with Gasteiger partial charge in [0.2, 0.25) is 0 Å². The van der Waals surface area contributed by atoms with Crippen LogP contribution in [0.3, 0.4) is 0 Å². The first kappa shape index (κ1) is 80.1. The highest BCUT2D eigenvalue weighted by Crippen LogP contribution is 2.19. The molecule has 0 amide bonds. The number of unbranched alkanes of at least 4 members (excludes halogenated alkanes) is 47. The Labute approximate surface area is 517 Å². The van der Waals surface area contributed by atoms with Gasteiger partial charge in [-0.2, -0.15) is 0 Å². The summed E-state index contributed by atoms with van der Waals surface area (Å²) in [5.74, 6) is -0.843. The molecule has 83 heavy (non-hydrogen) atoms. The van der Waals surface area contributed by atoms with Gasteiger partial charge in [0.05, 0.1) is 0 Å². The summed E-state index contributed by atoms with van der Waals surface area (Å²) in [6.07, 6.45) is 92.8. The molecule has 0 aromatic heterocycles. The van der Waals surface area contributed by atoms with Crippen LogP contribution in [-0.2, 0) is 28.6 Å². The standard InChI is InChI=1S/C77H140O6/c1-4-7-10-13-16-19-21-23-25-27-29-31-33-35-36-37-38-39-40-42-43-45-47-49-51-53-55-58-61-64-67-70-76(79)82-73-74(72-81-75(78)69-66-63-60-57-18-15-12-9-6-3)83-77(80)71-68-65-62-59-56-54-52-50-48-46-44-41-34-32-30-28-26-24-22-20-17-14-11-8-5-2/h7,10,16,19,23,25,29,31,35-36,74H,4-6,8-9,11-15,17-18,20-22,24,26-28,30,32-34,37-73H2,1-3H3/b10-7-,19-16-,25-23-,31-29-,36-35-. The number of hydrogen-bond donors (Lipinski definition) is 0. The summed E-state index contributed by atoms with van der Waals surface area (Å²) in [6, 6.07) is 0. The topological polar surface area (TPSA) is 78.9 Å². The van der Waals surface area contributed by atoms with Crippen molar-refractivity contribution < 1.29 is 28.6 Å². The predicted octanol–water partition coefficient (Wildman–Crippen LogP) is 25.5. The fourth-order valence-electron chi connectivity index (χ4n) is 11.1. The minimum absolute atomic E-state index is 0.0672. The minimum Gasteiger partial charge on any atom is -0.462 e. The zero-order chi connectivity index (χ0) is 59.9. The van der Waals surface area contributed by atoms with E-state index < -0.39 is 6.10 Å². The normalized spacial score (nSPS) is 12.4. The zero-order valence-corrected chi connectivity index (χ0v) is 55.7. The predicted molar refractivity (Wildman–Crippen MR) is 362 cm³/mol. The van der Waals surface area contributed by atoms with Crippen LogP contribution in [0.4, 0.5) is 0 Å². The van der Waals surface area contributed by atoms with Crippen molar-refractivity contribution in [2.24, 2.45) is 0 Å². The van der Waals surface area contributed by atoms with Crippen molar-refractivity contribution in [3.8, 4) is 0 Å². The van der Waals surface area contributed by atoms with Gasteiger partial charge in [-0.3, -0.25) is 14.4 Å². The zero-order valence-electron chi connectivity index (χ0n) is 55.7. The van der Waals surface area contributed by atoms with E-state index in [0.29, 0.717) is 19.3 Å². The molecule has 1 atom stereocenters. The molecule has 0 aliphatic carbocycles. The molecule has 0 aromatic rings. The van der Waals surface area contributed by atoms with E-state index in [-0.39, 0.29) is 31.1 Å². The summed E-state index contributed by atoms with van der Waals surface area (Å²) in [4.78, 5) is 38.3. The molecule has 1 unspecified atom stereocenters. The molecule has 0 spiro atoms. The Bertz CT molecular complexity index is 1470. The summed E-state index contributed by atoms with van der Waals surface area (Å²) >= 11 is 0. The molecule has 6 nitrogen and oxygen atoms in total. The van der Waals surface area contributed by atoms with E-state index in [2.05, 4.69) is 81.5 Å². The fourth-order valence-corrected chi connectivity index (χ4v) is 11.1. The number of allylic oxidation sites excluding steroid dienone is 10. The monoisotopic (exact) mass is 1160 g/mol. The lowest BCUT2D eigenvalue weighted by Gasteiger charge is -2.18. The van der Waals surface area contributed by atoms with Gasteiger partial charge in [0.15, 0.2) is 6.10 Å². The minimum atomic E-state index is -0.770. The molecule has 6 heteroatoms. The molecule has 0 saturated carbocycles. The van der Waals surface area contributed by atoms with E-state index in [0.717, 1.165) is 89.9 Å². The van der Waals surface area contributed by atoms with Crippen molar-refractivity contribution in [1.82, 2.24) is 0 Å². The first-order chi connectivity index (χ1) is 41.0. The van der Waals surface area contributed by atoms with Crippen molar-refractivity contribution in [3.63, 3.8) is 0 Å². The molecule has 0 saturated heterocycles. The lowest BCUT2D eigenvalue weighted by Crippen LogP contribution is -2.30. The lowest BCUT2D eigenvalue weighted by atomic mass is 10.0. The van der Waals surface area contributed by atoms with Gasteiger partial charge >= 0.3 is 17.9 Å². The molecule has 0 bridgehead atoms. The van der Waals surface area contributed by atoms with E-state index in [1.165, 1.54) is 263 Å². The van der Waals surface area contributed by atoms with Crippen LogP contribution in [0.15, 0.2) is 60.8 Å². The van der Waals surface area contributed by atoms with E-state index >= 15 is 0 Å². The largest absolute Gasteiger partial charge is 0.462 e. The van der Waals surface area contributed by atoms with E-state index in [4.69, 9.17) is 14.2 Å². The Kier molecular flexibility index (Phi) is 69.1. The third kappa shape index (κ3) is 69.8. The second-order valence-corrected chi connectivity index (χ2v) is 24.8. The molecule has 0 aliphatic heterocycles. The molecule has 0 heterocycles. The summed E-state index contributed by atoms with van der Waals surface area (Å²) in [6.45, 7) is 6.58. The number of ether oxygens (including phenoxy) is 3. The van der Waals surface area contributed by atoms with Gasteiger partial charge in [-0.1, -0.05) is 370 Å². The highest BCUT2D eigenvalue weighted by atomic mass is 16.6. The SMILES string of the molecule is CC/C=C\C/C=C\C/C=C\C/C=C\C/C=C\CCCCCCCCCCCCCCCCCC(=O)OCC(COC(=O)CCCCCCCCCCC)OC(=O)CCCCCCCCCCCCCCCCCCCCCCCCCCC. The second-order valence-electron chi connectivity index (χ2n) is 24.8. The third-order valence-corrected chi connectivity index (χ3v) is 16.5. The second kappa shape index (κ2) is 71.6. The van der Waals surface area contributed by atoms with Crippen LogP contribution < -0.4 is 0 Å².